The van der Waals surface area contributed by atoms with Gasteiger partial charge in [0, 0.05) is 17.8 Å². The Balaban J connectivity index is 1.60. The number of benzene rings is 1. The molecule has 2 heterocycles. The Morgan fingerprint density at radius 1 is 1.16 bits per heavy atom. The molecule has 0 spiro atoms. The lowest BCUT2D eigenvalue weighted by Crippen LogP contribution is -2.43. The molecule has 1 aromatic carbocycles. The van der Waals surface area contributed by atoms with E-state index in [2.05, 4.69) is 9.97 Å². The van der Waals surface area contributed by atoms with E-state index in [0.717, 1.165) is 42.5 Å². The number of nitrogen functional groups attached to an aromatic ring is 1. The summed E-state index contributed by atoms with van der Waals surface area (Å²) >= 11 is 0. The molecular weight excluding hydrogens is 316 g/mol. The van der Waals surface area contributed by atoms with Gasteiger partial charge in [0.05, 0.1) is 13.2 Å². The van der Waals surface area contributed by atoms with Crippen molar-refractivity contribution >= 4 is 11.9 Å². The maximum atomic E-state index is 13.1. The second kappa shape index (κ2) is 6.80. The molecule has 2 N–H and O–H groups in total. The fourth-order valence-corrected chi connectivity index (χ4v) is 3.64. The topological polar surface area (TPSA) is 81.3 Å². The van der Waals surface area contributed by atoms with Gasteiger partial charge in [-0.05, 0) is 31.2 Å². The maximum Gasteiger partial charge on any atom is 0.273 e. The lowest BCUT2D eigenvalue weighted by atomic mass is 9.94. The smallest absolute Gasteiger partial charge is 0.273 e. The Morgan fingerprint density at radius 2 is 1.96 bits per heavy atom. The number of morpholine rings is 1. The van der Waals surface area contributed by atoms with E-state index >= 15 is 0 Å². The molecule has 1 aliphatic heterocycles. The van der Waals surface area contributed by atoms with Gasteiger partial charge in [0.1, 0.15) is 11.8 Å². The largest absolute Gasteiger partial charge is 0.370 e. The summed E-state index contributed by atoms with van der Waals surface area (Å²) in [4.78, 5) is 23.6. The minimum atomic E-state index is -0.103. The number of ether oxygens (including phenoxy) is 1. The molecule has 130 valence electrons. The SMILES string of the molecule is Nc1nc2c(c(C(=O)N3CCO[C@@H](c4ccccc4)C3)n1)CCCC2. The molecular formula is C19H22N4O2. The van der Waals surface area contributed by atoms with Gasteiger partial charge in [0.25, 0.3) is 5.91 Å². The Bertz CT molecular complexity index is 778. The third-order valence-corrected chi connectivity index (χ3v) is 4.93. The van der Waals surface area contributed by atoms with E-state index in [9.17, 15) is 4.79 Å². The number of aryl methyl sites for hydroxylation is 1. The van der Waals surface area contributed by atoms with Crippen LogP contribution in [0.1, 0.15) is 46.3 Å². The van der Waals surface area contributed by atoms with Crippen LogP contribution in [0.4, 0.5) is 5.95 Å². The van der Waals surface area contributed by atoms with E-state index in [4.69, 9.17) is 10.5 Å². The van der Waals surface area contributed by atoms with Crippen molar-refractivity contribution < 1.29 is 9.53 Å². The first-order chi connectivity index (χ1) is 12.2. The lowest BCUT2D eigenvalue weighted by Gasteiger charge is -2.33. The standard InChI is InChI=1S/C19H22N4O2/c20-19-21-15-9-5-4-8-14(15)17(22-19)18(24)23-10-11-25-16(12-23)13-6-2-1-3-7-13/h1-3,6-7,16H,4-5,8-12H2,(H2,20,21,22)/t16-/m1/s1. The number of nitrogens with two attached hydrogens (primary N) is 1. The summed E-state index contributed by atoms with van der Waals surface area (Å²) in [5, 5.41) is 0. The normalized spacial score (nSPS) is 20.2. The van der Waals surface area contributed by atoms with Crippen LogP contribution < -0.4 is 5.73 Å². The first-order valence-corrected chi connectivity index (χ1v) is 8.83. The van der Waals surface area contributed by atoms with Crippen molar-refractivity contribution in [3.05, 3.63) is 52.8 Å². The second-order valence-electron chi connectivity index (χ2n) is 6.58. The zero-order valence-corrected chi connectivity index (χ0v) is 14.1. The number of fused-ring (bicyclic) bond motifs is 1. The number of nitrogens with zero attached hydrogens (tertiary/aromatic N) is 3. The van der Waals surface area contributed by atoms with Crippen molar-refractivity contribution in [2.75, 3.05) is 25.4 Å². The molecule has 1 aliphatic carbocycles. The molecule has 4 rings (SSSR count). The van der Waals surface area contributed by atoms with E-state index < -0.39 is 0 Å². The Labute approximate surface area is 147 Å². The molecule has 0 bridgehead atoms. The van der Waals surface area contributed by atoms with Crippen molar-refractivity contribution in [3.8, 4) is 0 Å². The summed E-state index contributed by atoms with van der Waals surface area (Å²) in [5.41, 5.74) is 9.34. The van der Waals surface area contributed by atoms with Gasteiger partial charge in [-0.1, -0.05) is 30.3 Å². The number of rotatable bonds is 2. The van der Waals surface area contributed by atoms with Crippen LogP contribution in [-0.4, -0.2) is 40.5 Å². The van der Waals surface area contributed by atoms with Crippen LogP contribution in [0.5, 0.6) is 0 Å². The lowest BCUT2D eigenvalue weighted by molar-refractivity contribution is -0.0230. The van der Waals surface area contributed by atoms with Gasteiger partial charge in [-0.3, -0.25) is 4.79 Å². The second-order valence-corrected chi connectivity index (χ2v) is 6.58. The van der Waals surface area contributed by atoms with Crippen molar-refractivity contribution in [3.63, 3.8) is 0 Å². The highest BCUT2D eigenvalue weighted by molar-refractivity contribution is 5.94. The summed E-state index contributed by atoms with van der Waals surface area (Å²) in [6.45, 7) is 1.62. The number of hydrogen-bond acceptors (Lipinski definition) is 5. The monoisotopic (exact) mass is 338 g/mol. The molecule has 6 nitrogen and oxygen atoms in total. The zero-order chi connectivity index (χ0) is 17.2. The van der Waals surface area contributed by atoms with Gasteiger partial charge < -0.3 is 15.4 Å². The summed E-state index contributed by atoms with van der Waals surface area (Å²) in [7, 11) is 0. The third kappa shape index (κ3) is 3.22. The fourth-order valence-electron chi connectivity index (χ4n) is 3.64. The predicted molar refractivity (Wildman–Crippen MR) is 94.1 cm³/mol. The molecule has 1 aromatic heterocycles. The average molecular weight is 338 g/mol. The number of hydrogen-bond donors (Lipinski definition) is 1. The van der Waals surface area contributed by atoms with Gasteiger partial charge in [0.15, 0.2) is 0 Å². The molecule has 0 radical (unpaired) electrons. The maximum absolute atomic E-state index is 13.1. The number of anilines is 1. The van der Waals surface area contributed by atoms with Crippen molar-refractivity contribution in [2.45, 2.75) is 31.8 Å². The van der Waals surface area contributed by atoms with Gasteiger partial charge in [-0.15, -0.1) is 0 Å². The molecule has 1 atom stereocenters. The van der Waals surface area contributed by atoms with Crippen molar-refractivity contribution in [1.29, 1.82) is 0 Å². The molecule has 2 aliphatic rings. The average Bonchev–Trinajstić information content (AvgIpc) is 2.67. The summed E-state index contributed by atoms with van der Waals surface area (Å²) in [6.07, 6.45) is 3.77. The van der Waals surface area contributed by atoms with Crippen LogP contribution in [-0.2, 0) is 17.6 Å². The third-order valence-electron chi connectivity index (χ3n) is 4.93. The molecule has 25 heavy (non-hydrogen) atoms. The number of carbonyl (C=O) groups is 1. The Morgan fingerprint density at radius 3 is 2.80 bits per heavy atom. The van der Waals surface area contributed by atoms with Crippen LogP contribution >= 0.6 is 0 Å². The quantitative estimate of drug-likeness (QED) is 0.907. The van der Waals surface area contributed by atoms with E-state index in [1.807, 2.05) is 35.2 Å². The first kappa shape index (κ1) is 16.0. The van der Waals surface area contributed by atoms with Crippen LogP contribution in [0.3, 0.4) is 0 Å². The van der Waals surface area contributed by atoms with Crippen LogP contribution in [0.2, 0.25) is 0 Å². The van der Waals surface area contributed by atoms with Gasteiger partial charge in [-0.25, -0.2) is 9.97 Å². The Kier molecular flexibility index (Phi) is 4.36. The summed E-state index contributed by atoms with van der Waals surface area (Å²) in [6, 6.07) is 10.0. The van der Waals surface area contributed by atoms with Crippen molar-refractivity contribution in [2.24, 2.45) is 0 Å². The highest BCUT2D eigenvalue weighted by Gasteiger charge is 2.30. The number of aromatic nitrogens is 2. The van der Waals surface area contributed by atoms with Gasteiger partial charge in [-0.2, -0.15) is 0 Å². The van der Waals surface area contributed by atoms with E-state index in [-0.39, 0.29) is 18.0 Å². The summed E-state index contributed by atoms with van der Waals surface area (Å²) in [5.74, 6) is 0.133. The molecule has 6 heteroatoms. The molecule has 2 aromatic rings. The van der Waals surface area contributed by atoms with Crippen LogP contribution in [0.25, 0.3) is 0 Å². The van der Waals surface area contributed by atoms with E-state index in [0.29, 0.717) is 25.4 Å². The zero-order valence-electron chi connectivity index (χ0n) is 14.1. The van der Waals surface area contributed by atoms with Crippen molar-refractivity contribution in [1.82, 2.24) is 14.9 Å². The predicted octanol–water partition coefficient (Wildman–Crippen LogP) is 2.15. The van der Waals surface area contributed by atoms with E-state index in [1.165, 1.54) is 0 Å². The number of amides is 1. The molecule has 1 fully saturated rings. The Hall–Kier alpha value is -2.47. The fraction of sp³-hybridized carbons (Fsp3) is 0.421. The molecule has 1 amide bonds. The molecule has 0 unspecified atom stereocenters. The van der Waals surface area contributed by atoms with Crippen LogP contribution in [0.15, 0.2) is 30.3 Å². The van der Waals surface area contributed by atoms with Crippen LogP contribution in [0, 0.1) is 0 Å². The molecule has 1 saturated heterocycles. The minimum Gasteiger partial charge on any atom is -0.370 e. The highest BCUT2D eigenvalue weighted by atomic mass is 16.5. The minimum absolute atomic E-state index is 0.0588. The van der Waals surface area contributed by atoms with Gasteiger partial charge >= 0.3 is 0 Å². The number of carbonyl (C=O) groups excluding carboxylic acids is 1. The highest BCUT2D eigenvalue weighted by Crippen LogP contribution is 2.26. The van der Waals surface area contributed by atoms with E-state index in [1.54, 1.807) is 0 Å². The van der Waals surface area contributed by atoms with Gasteiger partial charge in [0.2, 0.25) is 5.95 Å². The summed E-state index contributed by atoms with van der Waals surface area (Å²) < 4.78 is 5.87. The first-order valence-electron chi connectivity index (χ1n) is 8.83. The molecule has 0 saturated carbocycles.